The molecule has 1 fully saturated rings. The van der Waals surface area contributed by atoms with Gasteiger partial charge in [-0.3, -0.25) is 4.79 Å². The van der Waals surface area contributed by atoms with Gasteiger partial charge in [-0.2, -0.15) is 12.6 Å². The third-order valence-corrected chi connectivity index (χ3v) is 2.55. The number of carbonyl (C=O) groups is 1. The Morgan fingerprint density at radius 2 is 2.31 bits per heavy atom. The molecule has 1 saturated carbocycles. The predicted octanol–water partition coefficient (Wildman–Crippen LogP) is 0.515. The minimum atomic E-state index is -0.203. The van der Waals surface area contributed by atoms with Crippen molar-refractivity contribution in [1.82, 2.24) is 10.2 Å². The molecule has 76 valence electrons. The third kappa shape index (κ3) is 4.00. The van der Waals surface area contributed by atoms with Crippen LogP contribution in [0.15, 0.2) is 0 Å². The van der Waals surface area contributed by atoms with E-state index in [1.54, 1.807) is 6.92 Å². The van der Waals surface area contributed by atoms with Gasteiger partial charge >= 0.3 is 0 Å². The average molecular weight is 202 g/mol. The fraction of sp³-hybridized carbons (Fsp3) is 0.889. The molecule has 0 aromatic heterocycles. The molecule has 13 heavy (non-hydrogen) atoms. The molecule has 1 rings (SSSR count). The van der Waals surface area contributed by atoms with E-state index >= 15 is 0 Å². The SMILES string of the molecule is CC(S)C(=O)NCCN(C)C1CC1. The first-order chi connectivity index (χ1) is 6.11. The van der Waals surface area contributed by atoms with Crippen LogP contribution in [0.2, 0.25) is 0 Å². The third-order valence-electron chi connectivity index (χ3n) is 2.31. The average Bonchev–Trinajstić information content (AvgIpc) is 2.85. The molecule has 0 heterocycles. The number of nitrogens with one attached hydrogen (secondary N) is 1. The summed E-state index contributed by atoms with van der Waals surface area (Å²) in [6.07, 6.45) is 2.63. The van der Waals surface area contributed by atoms with E-state index in [1.165, 1.54) is 12.8 Å². The van der Waals surface area contributed by atoms with Crippen molar-refractivity contribution in [3.63, 3.8) is 0 Å². The summed E-state index contributed by atoms with van der Waals surface area (Å²) in [6, 6.07) is 0.769. The molecule has 0 saturated heterocycles. The topological polar surface area (TPSA) is 32.3 Å². The van der Waals surface area contributed by atoms with Gasteiger partial charge in [0, 0.05) is 19.1 Å². The van der Waals surface area contributed by atoms with Crippen molar-refractivity contribution in [3.05, 3.63) is 0 Å². The summed E-state index contributed by atoms with van der Waals surface area (Å²) in [7, 11) is 2.11. The smallest absolute Gasteiger partial charge is 0.232 e. The fourth-order valence-corrected chi connectivity index (χ4v) is 1.29. The van der Waals surface area contributed by atoms with Crippen molar-refractivity contribution < 1.29 is 4.79 Å². The minimum absolute atomic E-state index is 0.0209. The molecule has 0 spiro atoms. The molecule has 3 nitrogen and oxygen atoms in total. The number of amides is 1. The predicted molar refractivity (Wildman–Crippen MR) is 57.1 cm³/mol. The van der Waals surface area contributed by atoms with Gasteiger partial charge in [-0.15, -0.1) is 0 Å². The molecule has 0 aromatic carbocycles. The molecular formula is C9H18N2OS. The first kappa shape index (κ1) is 10.9. The fourth-order valence-electron chi connectivity index (χ4n) is 1.20. The minimum Gasteiger partial charge on any atom is -0.354 e. The van der Waals surface area contributed by atoms with Gasteiger partial charge < -0.3 is 10.2 Å². The molecule has 1 N–H and O–H groups in total. The lowest BCUT2D eigenvalue weighted by Gasteiger charge is -2.16. The van der Waals surface area contributed by atoms with Crippen molar-refractivity contribution in [2.75, 3.05) is 20.1 Å². The van der Waals surface area contributed by atoms with E-state index in [0.29, 0.717) is 0 Å². The second-order valence-corrected chi connectivity index (χ2v) is 4.45. The molecular weight excluding hydrogens is 184 g/mol. The van der Waals surface area contributed by atoms with Crippen molar-refractivity contribution >= 4 is 18.5 Å². The van der Waals surface area contributed by atoms with Gasteiger partial charge in [0.1, 0.15) is 0 Å². The van der Waals surface area contributed by atoms with Gasteiger partial charge in [0.15, 0.2) is 0 Å². The van der Waals surface area contributed by atoms with E-state index in [9.17, 15) is 4.79 Å². The van der Waals surface area contributed by atoms with Gasteiger partial charge in [-0.1, -0.05) is 0 Å². The van der Waals surface area contributed by atoms with Crippen LogP contribution in [0.1, 0.15) is 19.8 Å². The van der Waals surface area contributed by atoms with Crippen LogP contribution in [0.4, 0.5) is 0 Å². The largest absolute Gasteiger partial charge is 0.354 e. The van der Waals surface area contributed by atoms with Gasteiger partial charge in [0.2, 0.25) is 5.91 Å². The number of hydrogen-bond acceptors (Lipinski definition) is 3. The molecule has 1 aliphatic carbocycles. The number of carbonyl (C=O) groups excluding carboxylic acids is 1. The Kier molecular flexibility index (Phi) is 4.06. The van der Waals surface area contributed by atoms with Crippen LogP contribution in [0.3, 0.4) is 0 Å². The van der Waals surface area contributed by atoms with Gasteiger partial charge in [0.25, 0.3) is 0 Å². The molecule has 1 aliphatic rings. The van der Waals surface area contributed by atoms with Crippen LogP contribution in [-0.4, -0.2) is 42.2 Å². The van der Waals surface area contributed by atoms with E-state index < -0.39 is 0 Å². The van der Waals surface area contributed by atoms with Crippen LogP contribution < -0.4 is 5.32 Å². The first-order valence-electron chi connectivity index (χ1n) is 4.77. The van der Waals surface area contributed by atoms with Crippen LogP contribution in [-0.2, 0) is 4.79 Å². The molecule has 0 bridgehead atoms. The number of hydrogen-bond donors (Lipinski definition) is 2. The molecule has 0 radical (unpaired) electrons. The standard InChI is InChI=1S/C9H18N2OS/c1-7(13)9(12)10-5-6-11(2)8-3-4-8/h7-8,13H,3-6H2,1-2H3,(H,10,12). The Balaban J connectivity index is 2.02. The Bertz CT molecular complexity index is 180. The molecule has 1 unspecified atom stereocenters. The molecule has 1 atom stereocenters. The highest BCUT2D eigenvalue weighted by Gasteiger charge is 2.25. The highest BCUT2D eigenvalue weighted by Crippen LogP contribution is 2.24. The van der Waals surface area contributed by atoms with E-state index in [2.05, 4.69) is 29.9 Å². The van der Waals surface area contributed by atoms with E-state index in [1.807, 2.05) is 0 Å². The van der Waals surface area contributed by atoms with Crippen molar-refractivity contribution in [3.8, 4) is 0 Å². The lowest BCUT2D eigenvalue weighted by Crippen LogP contribution is -2.36. The second-order valence-electron chi connectivity index (χ2n) is 3.68. The Morgan fingerprint density at radius 3 is 2.77 bits per heavy atom. The normalized spacial score (nSPS) is 18.8. The first-order valence-corrected chi connectivity index (χ1v) is 5.29. The summed E-state index contributed by atoms with van der Waals surface area (Å²) in [5, 5.41) is 2.64. The molecule has 0 aromatic rings. The maximum atomic E-state index is 11.1. The zero-order chi connectivity index (χ0) is 9.84. The summed E-state index contributed by atoms with van der Waals surface area (Å²) in [6.45, 7) is 3.46. The van der Waals surface area contributed by atoms with E-state index in [0.717, 1.165) is 19.1 Å². The van der Waals surface area contributed by atoms with E-state index in [-0.39, 0.29) is 11.2 Å². The zero-order valence-electron chi connectivity index (χ0n) is 8.29. The highest BCUT2D eigenvalue weighted by molar-refractivity contribution is 7.81. The Morgan fingerprint density at radius 1 is 1.69 bits per heavy atom. The zero-order valence-corrected chi connectivity index (χ0v) is 9.18. The summed E-state index contributed by atoms with van der Waals surface area (Å²) < 4.78 is 0. The maximum absolute atomic E-state index is 11.1. The quantitative estimate of drug-likeness (QED) is 0.637. The Hall–Kier alpha value is -0.220. The monoisotopic (exact) mass is 202 g/mol. The van der Waals surface area contributed by atoms with Crippen molar-refractivity contribution in [2.45, 2.75) is 31.1 Å². The summed E-state index contributed by atoms with van der Waals surface area (Å²) >= 11 is 4.04. The number of nitrogens with zero attached hydrogens (tertiary/aromatic N) is 1. The highest BCUT2D eigenvalue weighted by atomic mass is 32.1. The van der Waals surface area contributed by atoms with Gasteiger partial charge in [0.05, 0.1) is 5.25 Å². The molecule has 4 heteroatoms. The summed E-state index contributed by atoms with van der Waals surface area (Å²) in [5.41, 5.74) is 0. The van der Waals surface area contributed by atoms with E-state index in [4.69, 9.17) is 0 Å². The van der Waals surface area contributed by atoms with Crippen molar-refractivity contribution in [2.24, 2.45) is 0 Å². The lowest BCUT2D eigenvalue weighted by atomic mass is 10.4. The number of likely N-dealkylation sites (N-methyl/N-ethyl adjacent to an activating group) is 1. The van der Waals surface area contributed by atoms with Gasteiger partial charge in [-0.05, 0) is 26.8 Å². The van der Waals surface area contributed by atoms with Crippen LogP contribution in [0.25, 0.3) is 0 Å². The van der Waals surface area contributed by atoms with Crippen LogP contribution in [0, 0.1) is 0 Å². The molecule has 0 aliphatic heterocycles. The van der Waals surface area contributed by atoms with Gasteiger partial charge in [-0.25, -0.2) is 0 Å². The number of thiol groups is 1. The summed E-state index contributed by atoms with van der Waals surface area (Å²) in [4.78, 5) is 13.4. The van der Waals surface area contributed by atoms with Crippen LogP contribution >= 0.6 is 12.6 Å². The van der Waals surface area contributed by atoms with Crippen LogP contribution in [0.5, 0.6) is 0 Å². The van der Waals surface area contributed by atoms with Crippen molar-refractivity contribution in [1.29, 1.82) is 0 Å². The molecule has 1 amide bonds. The Labute approximate surface area is 85.3 Å². The summed E-state index contributed by atoms with van der Waals surface area (Å²) in [5.74, 6) is 0.0209. The lowest BCUT2D eigenvalue weighted by molar-refractivity contribution is -0.120. The number of rotatable bonds is 5. The second kappa shape index (κ2) is 4.86. The maximum Gasteiger partial charge on any atom is 0.232 e.